The van der Waals surface area contributed by atoms with Crippen LogP contribution >= 0.6 is 0 Å². The van der Waals surface area contributed by atoms with Gasteiger partial charge in [-0.1, -0.05) is 24.3 Å². The standard InChI is InChI=1S/C20H32N6O3/c1-13(2)17(23-4)19(28)26-16(6-5-11-24-20(21)29)18(27)25-15-9-7-14(8-10-15)12-22-3/h7-10,16-17,22-23H,1,5-6,11-12H2,2-4H3,(H,25,27)(H,26,28)(H3,21,24,29)/t16-,17-/m0/s1. The van der Waals surface area contributed by atoms with Crippen molar-refractivity contribution in [3.63, 3.8) is 0 Å². The van der Waals surface area contributed by atoms with Crippen LogP contribution in [0.5, 0.6) is 0 Å². The van der Waals surface area contributed by atoms with E-state index in [1.165, 1.54) is 0 Å². The molecule has 0 saturated carbocycles. The predicted molar refractivity (Wildman–Crippen MR) is 114 cm³/mol. The van der Waals surface area contributed by atoms with Crippen LogP contribution in [0.25, 0.3) is 0 Å². The number of benzene rings is 1. The number of urea groups is 1. The highest BCUT2D eigenvalue weighted by molar-refractivity contribution is 5.98. The number of hydrogen-bond donors (Lipinski definition) is 6. The number of anilines is 1. The average molecular weight is 405 g/mol. The Labute approximate surface area is 171 Å². The molecule has 1 rings (SSSR count). The third-order valence-corrected chi connectivity index (χ3v) is 4.25. The first-order valence-corrected chi connectivity index (χ1v) is 9.49. The zero-order chi connectivity index (χ0) is 21.8. The summed E-state index contributed by atoms with van der Waals surface area (Å²) in [6, 6.07) is 5.43. The molecule has 0 unspecified atom stereocenters. The summed E-state index contributed by atoms with van der Waals surface area (Å²) in [5.74, 6) is -0.678. The zero-order valence-corrected chi connectivity index (χ0v) is 17.3. The second-order valence-corrected chi connectivity index (χ2v) is 6.78. The number of rotatable bonds is 12. The summed E-state index contributed by atoms with van der Waals surface area (Å²) in [5.41, 5.74) is 7.42. The van der Waals surface area contributed by atoms with Gasteiger partial charge in [0.05, 0.1) is 0 Å². The Balaban J connectivity index is 2.81. The molecule has 160 valence electrons. The quantitative estimate of drug-likeness (QED) is 0.222. The van der Waals surface area contributed by atoms with Crippen LogP contribution in [0.3, 0.4) is 0 Å². The summed E-state index contributed by atoms with van der Waals surface area (Å²) in [7, 11) is 3.51. The molecule has 1 aromatic rings. The Morgan fingerprint density at radius 2 is 1.76 bits per heavy atom. The molecule has 29 heavy (non-hydrogen) atoms. The molecule has 4 amide bonds. The van der Waals surface area contributed by atoms with E-state index in [0.717, 1.165) is 12.1 Å². The van der Waals surface area contributed by atoms with Gasteiger partial charge in [0.25, 0.3) is 0 Å². The van der Waals surface area contributed by atoms with E-state index in [0.29, 0.717) is 30.6 Å². The number of amides is 4. The van der Waals surface area contributed by atoms with Gasteiger partial charge in [-0.2, -0.15) is 0 Å². The molecule has 0 bridgehead atoms. The number of carbonyl (C=O) groups is 3. The van der Waals surface area contributed by atoms with Crippen molar-refractivity contribution in [1.82, 2.24) is 21.3 Å². The number of carbonyl (C=O) groups excluding carboxylic acids is 3. The van der Waals surface area contributed by atoms with Gasteiger partial charge in [0, 0.05) is 18.8 Å². The lowest BCUT2D eigenvalue weighted by molar-refractivity contribution is -0.127. The van der Waals surface area contributed by atoms with Crippen LogP contribution in [0.15, 0.2) is 36.4 Å². The predicted octanol–water partition coefficient (Wildman–Crippen LogP) is 0.442. The molecule has 9 nitrogen and oxygen atoms in total. The smallest absolute Gasteiger partial charge is 0.312 e. The van der Waals surface area contributed by atoms with E-state index < -0.39 is 18.1 Å². The molecule has 0 saturated heterocycles. The molecule has 1 aromatic carbocycles. The maximum absolute atomic E-state index is 12.8. The minimum absolute atomic E-state index is 0.309. The van der Waals surface area contributed by atoms with Crippen molar-refractivity contribution in [3.05, 3.63) is 42.0 Å². The Morgan fingerprint density at radius 1 is 1.10 bits per heavy atom. The van der Waals surface area contributed by atoms with Gasteiger partial charge in [-0.3, -0.25) is 9.59 Å². The first kappa shape index (κ1) is 24.1. The Hall–Kier alpha value is -2.91. The molecule has 0 spiro atoms. The van der Waals surface area contributed by atoms with Crippen LogP contribution < -0.4 is 32.3 Å². The van der Waals surface area contributed by atoms with Crippen LogP contribution in [0.4, 0.5) is 10.5 Å². The second-order valence-electron chi connectivity index (χ2n) is 6.78. The third kappa shape index (κ3) is 8.75. The molecular formula is C20H32N6O3. The first-order chi connectivity index (χ1) is 13.8. The molecule has 9 heteroatoms. The van der Waals surface area contributed by atoms with Crippen molar-refractivity contribution < 1.29 is 14.4 Å². The maximum atomic E-state index is 12.8. The van der Waals surface area contributed by atoms with Gasteiger partial charge in [-0.15, -0.1) is 0 Å². The SMILES string of the molecule is C=C(C)[C@H](NC)C(=O)N[C@@H](CCCNC(N)=O)C(=O)Nc1ccc(CNC)cc1. The van der Waals surface area contributed by atoms with Crippen LogP contribution in [-0.4, -0.2) is 50.6 Å². The van der Waals surface area contributed by atoms with Gasteiger partial charge >= 0.3 is 6.03 Å². The fourth-order valence-electron chi connectivity index (χ4n) is 2.78. The third-order valence-electron chi connectivity index (χ3n) is 4.25. The highest BCUT2D eigenvalue weighted by Gasteiger charge is 2.25. The lowest BCUT2D eigenvalue weighted by atomic mass is 10.1. The van der Waals surface area contributed by atoms with Gasteiger partial charge in [-0.05, 0) is 51.6 Å². The van der Waals surface area contributed by atoms with Crippen molar-refractivity contribution in [3.8, 4) is 0 Å². The van der Waals surface area contributed by atoms with Gasteiger partial charge in [0.1, 0.15) is 12.1 Å². The average Bonchev–Trinajstić information content (AvgIpc) is 2.66. The number of primary amides is 1. The second kappa shape index (κ2) is 12.5. The molecule has 0 heterocycles. The summed E-state index contributed by atoms with van der Waals surface area (Å²) in [4.78, 5) is 36.1. The number of nitrogens with two attached hydrogens (primary N) is 1. The summed E-state index contributed by atoms with van der Waals surface area (Å²) in [6.45, 7) is 6.57. The van der Waals surface area contributed by atoms with E-state index in [1.54, 1.807) is 14.0 Å². The van der Waals surface area contributed by atoms with E-state index in [9.17, 15) is 14.4 Å². The zero-order valence-electron chi connectivity index (χ0n) is 17.3. The lowest BCUT2D eigenvalue weighted by Gasteiger charge is -2.22. The van der Waals surface area contributed by atoms with Crippen LogP contribution in [0, 0.1) is 0 Å². The van der Waals surface area contributed by atoms with Crippen molar-refractivity contribution in [2.24, 2.45) is 5.73 Å². The summed E-state index contributed by atoms with van der Waals surface area (Å²) in [6.07, 6.45) is 0.808. The minimum Gasteiger partial charge on any atom is -0.352 e. The largest absolute Gasteiger partial charge is 0.352 e. The molecule has 7 N–H and O–H groups in total. The highest BCUT2D eigenvalue weighted by atomic mass is 16.2. The number of hydrogen-bond acceptors (Lipinski definition) is 5. The Morgan fingerprint density at radius 3 is 2.28 bits per heavy atom. The molecule has 0 fully saturated rings. The molecule has 0 radical (unpaired) electrons. The minimum atomic E-state index is -0.774. The van der Waals surface area contributed by atoms with Crippen molar-refractivity contribution in [2.45, 2.75) is 38.4 Å². The molecule has 0 aliphatic carbocycles. The molecule has 0 aliphatic heterocycles. The Bertz CT molecular complexity index is 705. The van der Waals surface area contributed by atoms with Gasteiger partial charge in [-0.25, -0.2) is 4.79 Å². The van der Waals surface area contributed by atoms with Gasteiger partial charge in [0.2, 0.25) is 11.8 Å². The van der Waals surface area contributed by atoms with E-state index in [-0.39, 0.29) is 11.8 Å². The number of nitrogens with one attached hydrogen (secondary N) is 5. The normalized spacial score (nSPS) is 12.5. The van der Waals surface area contributed by atoms with Crippen molar-refractivity contribution in [1.29, 1.82) is 0 Å². The van der Waals surface area contributed by atoms with E-state index in [1.807, 2.05) is 31.3 Å². The monoisotopic (exact) mass is 404 g/mol. The maximum Gasteiger partial charge on any atom is 0.312 e. The summed E-state index contributed by atoms with van der Waals surface area (Å²) < 4.78 is 0. The highest BCUT2D eigenvalue weighted by Crippen LogP contribution is 2.11. The molecule has 2 atom stereocenters. The summed E-state index contributed by atoms with van der Waals surface area (Å²) in [5, 5.41) is 14.0. The molecular weight excluding hydrogens is 372 g/mol. The fraction of sp³-hybridized carbons (Fsp3) is 0.450. The van der Waals surface area contributed by atoms with Gasteiger partial charge < -0.3 is 32.3 Å². The van der Waals surface area contributed by atoms with Crippen LogP contribution in [0.2, 0.25) is 0 Å². The van der Waals surface area contributed by atoms with Crippen LogP contribution in [0.1, 0.15) is 25.3 Å². The molecule has 0 aliphatic rings. The lowest BCUT2D eigenvalue weighted by Crippen LogP contribution is -2.51. The van der Waals surface area contributed by atoms with Crippen LogP contribution in [-0.2, 0) is 16.1 Å². The van der Waals surface area contributed by atoms with E-state index in [4.69, 9.17) is 5.73 Å². The first-order valence-electron chi connectivity index (χ1n) is 9.49. The van der Waals surface area contributed by atoms with Crippen molar-refractivity contribution >= 4 is 23.5 Å². The van der Waals surface area contributed by atoms with E-state index >= 15 is 0 Å². The molecule has 0 aromatic heterocycles. The number of likely N-dealkylation sites (N-methyl/N-ethyl adjacent to an activating group) is 1. The van der Waals surface area contributed by atoms with E-state index in [2.05, 4.69) is 33.2 Å². The topological polar surface area (TPSA) is 137 Å². The Kier molecular flexibility index (Phi) is 10.4. The van der Waals surface area contributed by atoms with Gasteiger partial charge in [0.15, 0.2) is 0 Å². The van der Waals surface area contributed by atoms with Crippen molar-refractivity contribution in [2.75, 3.05) is 26.0 Å². The fourth-order valence-corrected chi connectivity index (χ4v) is 2.78. The summed E-state index contributed by atoms with van der Waals surface area (Å²) >= 11 is 0.